The molecule has 0 aromatic heterocycles. The number of carbonyl (C=O) groups is 2. The van der Waals surface area contributed by atoms with Crippen molar-refractivity contribution in [2.24, 2.45) is 0 Å². The number of ether oxygens (including phenoxy) is 1. The number of carboxylic acid groups (broad SMARTS) is 1. The molecule has 6 nitrogen and oxygen atoms in total. The topological polar surface area (TPSA) is 78.9 Å². The van der Waals surface area contributed by atoms with Crippen LogP contribution in [0.25, 0.3) is 0 Å². The summed E-state index contributed by atoms with van der Waals surface area (Å²) in [4.78, 5) is 23.3. The molecule has 15 heavy (non-hydrogen) atoms. The van der Waals surface area contributed by atoms with Crippen LogP contribution in [0.3, 0.4) is 0 Å². The summed E-state index contributed by atoms with van der Waals surface area (Å²) in [6, 6.07) is -0.212. The second kappa shape index (κ2) is 5.55. The largest absolute Gasteiger partial charge is 0.481 e. The Bertz CT molecular complexity index is 244. The summed E-state index contributed by atoms with van der Waals surface area (Å²) in [5.74, 6) is -0.911. The summed E-state index contributed by atoms with van der Waals surface area (Å²) in [5.41, 5.74) is 0. The Morgan fingerprint density at radius 2 is 2.33 bits per heavy atom. The highest BCUT2D eigenvalue weighted by Gasteiger charge is 2.25. The van der Waals surface area contributed by atoms with Gasteiger partial charge in [-0.05, 0) is 6.42 Å². The molecule has 0 aromatic rings. The van der Waals surface area contributed by atoms with Gasteiger partial charge in [-0.1, -0.05) is 0 Å². The normalized spacial score (nSPS) is 20.3. The van der Waals surface area contributed by atoms with Crippen molar-refractivity contribution in [2.75, 3.05) is 26.7 Å². The lowest BCUT2D eigenvalue weighted by Crippen LogP contribution is -2.39. The van der Waals surface area contributed by atoms with Crippen LogP contribution < -0.4 is 5.32 Å². The first-order chi connectivity index (χ1) is 7.13. The van der Waals surface area contributed by atoms with Crippen LogP contribution in [-0.4, -0.2) is 54.9 Å². The number of hydrogen-bond acceptors (Lipinski definition) is 3. The summed E-state index contributed by atoms with van der Waals surface area (Å²) in [6.45, 7) is 1.41. The van der Waals surface area contributed by atoms with E-state index in [-0.39, 0.29) is 25.1 Å². The Morgan fingerprint density at radius 1 is 1.60 bits per heavy atom. The number of urea groups is 1. The molecule has 1 unspecified atom stereocenters. The van der Waals surface area contributed by atoms with Crippen LogP contribution in [0.2, 0.25) is 0 Å². The average molecular weight is 216 g/mol. The number of hydrogen-bond donors (Lipinski definition) is 2. The number of carbonyl (C=O) groups excluding carboxylic acids is 1. The van der Waals surface area contributed by atoms with E-state index in [4.69, 9.17) is 9.84 Å². The minimum absolute atomic E-state index is 0.0483. The third-order valence-corrected chi connectivity index (χ3v) is 2.38. The van der Waals surface area contributed by atoms with Gasteiger partial charge in [0.15, 0.2) is 0 Å². The fourth-order valence-corrected chi connectivity index (χ4v) is 1.49. The van der Waals surface area contributed by atoms with Gasteiger partial charge in [0.05, 0.1) is 12.5 Å². The third-order valence-electron chi connectivity index (χ3n) is 2.38. The first-order valence-electron chi connectivity index (χ1n) is 4.91. The van der Waals surface area contributed by atoms with Gasteiger partial charge in [0, 0.05) is 26.7 Å². The van der Waals surface area contributed by atoms with E-state index in [1.165, 1.54) is 0 Å². The lowest BCUT2D eigenvalue weighted by Gasteiger charge is -2.16. The molecule has 0 aromatic carbocycles. The van der Waals surface area contributed by atoms with E-state index in [2.05, 4.69) is 5.32 Å². The molecule has 2 amide bonds. The number of methoxy groups -OCH3 is 1. The zero-order valence-electron chi connectivity index (χ0n) is 8.73. The predicted octanol–water partition coefficient (Wildman–Crippen LogP) is -0.109. The van der Waals surface area contributed by atoms with Gasteiger partial charge in [0.1, 0.15) is 0 Å². The standard InChI is InChI=1S/C9H16N2O4/c1-15-7-3-5-11(6-7)9(14)10-4-2-8(12)13/h7H,2-6H2,1H3,(H,10,14)(H,12,13). The van der Waals surface area contributed by atoms with Crippen LogP contribution in [0.5, 0.6) is 0 Å². The van der Waals surface area contributed by atoms with E-state index >= 15 is 0 Å². The molecule has 2 N–H and O–H groups in total. The first-order valence-corrected chi connectivity index (χ1v) is 4.91. The Hall–Kier alpha value is -1.30. The fraction of sp³-hybridized carbons (Fsp3) is 0.778. The summed E-state index contributed by atoms with van der Waals surface area (Å²) in [5, 5.41) is 10.9. The minimum Gasteiger partial charge on any atom is -0.481 e. The van der Waals surface area contributed by atoms with Crippen LogP contribution in [0.1, 0.15) is 12.8 Å². The van der Waals surface area contributed by atoms with Gasteiger partial charge >= 0.3 is 12.0 Å². The molecule has 0 radical (unpaired) electrons. The Morgan fingerprint density at radius 3 is 2.87 bits per heavy atom. The van der Waals surface area contributed by atoms with Crippen LogP contribution >= 0.6 is 0 Å². The number of likely N-dealkylation sites (tertiary alicyclic amines) is 1. The maximum Gasteiger partial charge on any atom is 0.317 e. The molecule has 1 aliphatic rings. The van der Waals surface area contributed by atoms with Crippen LogP contribution in [0, 0.1) is 0 Å². The van der Waals surface area contributed by atoms with E-state index in [1.807, 2.05) is 0 Å². The molecule has 1 fully saturated rings. The van der Waals surface area contributed by atoms with E-state index in [0.29, 0.717) is 13.1 Å². The molecular formula is C9H16N2O4. The van der Waals surface area contributed by atoms with Gasteiger partial charge in [0.2, 0.25) is 0 Å². The summed E-state index contributed by atoms with van der Waals surface area (Å²) < 4.78 is 5.12. The maximum atomic E-state index is 11.5. The summed E-state index contributed by atoms with van der Waals surface area (Å²) in [6.07, 6.45) is 0.895. The highest BCUT2D eigenvalue weighted by molar-refractivity contribution is 5.75. The molecule has 6 heteroatoms. The number of nitrogens with one attached hydrogen (secondary N) is 1. The van der Waals surface area contributed by atoms with Crippen molar-refractivity contribution in [2.45, 2.75) is 18.9 Å². The number of amides is 2. The molecule has 86 valence electrons. The van der Waals surface area contributed by atoms with Gasteiger partial charge < -0.3 is 20.1 Å². The minimum atomic E-state index is -0.911. The van der Waals surface area contributed by atoms with Crippen molar-refractivity contribution < 1.29 is 19.4 Å². The van der Waals surface area contributed by atoms with Crippen molar-refractivity contribution in [3.63, 3.8) is 0 Å². The molecule has 1 atom stereocenters. The van der Waals surface area contributed by atoms with Crippen molar-refractivity contribution in [1.82, 2.24) is 10.2 Å². The number of nitrogens with zero attached hydrogens (tertiary/aromatic N) is 1. The fourth-order valence-electron chi connectivity index (χ4n) is 1.49. The van der Waals surface area contributed by atoms with E-state index in [9.17, 15) is 9.59 Å². The molecule has 0 aliphatic carbocycles. The molecule has 0 spiro atoms. The van der Waals surface area contributed by atoms with Gasteiger partial charge in [-0.25, -0.2) is 4.79 Å². The zero-order valence-corrected chi connectivity index (χ0v) is 8.73. The predicted molar refractivity (Wildman–Crippen MR) is 52.6 cm³/mol. The van der Waals surface area contributed by atoms with Crippen LogP contribution in [0.15, 0.2) is 0 Å². The SMILES string of the molecule is COC1CCN(C(=O)NCCC(=O)O)C1. The number of rotatable bonds is 4. The molecule has 0 saturated carbocycles. The monoisotopic (exact) mass is 216 g/mol. The highest BCUT2D eigenvalue weighted by Crippen LogP contribution is 2.11. The van der Waals surface area contributed by atoms with Gasteiger partial charge in [-0.3, -0.25) is 4.79 Å². The average Bonchev–Trinajstić information content (AvgIpc) is 2.65. The van der Waals surface area contributed by atoms with Crippen LogP contribution in [-0.2, 0) is 9.53 Å². The van der Waals surface area contributed by atoms with E-state index in [0.717, 1.165) is 6.42 Å². The van der Waals surface area contributed by atoms with Crippen molar-refractivity contribution in [3.05, 3.63) is 0 Å². The highest BCUT2D eigenvalue weighted by atomic mass is 16.5. The smallest absolute Gasteiger partial charge is 0.317 e. The van der Waals surface area contributed by atoms with Gasteiger partial charge in [-0.15, -0.1) is 0 Å². The second-order valence-electron chi connectivity index (χ2n) is 3.47. The zero-order chi connectivity index (χ0) is 11.3. The summed E-state index contributed by atoms with van der Waals surface area (Å²) in [7, 11) is 1.62. The Labute approximate surface area is 88.2 Å². The molecule has 1 aliphatic heterocycles. The Kier molecular flexibility index (Phi) is 4.36. The molecule has 1 rings (SSSR count). The second-order valence-corrected chi connectivity index (χ2v) is 3.47. The molecule has 0 bridgehead atoms. The first kappa shape index (κ1) is 11.8. The third kappa shape index (κ3) is 3.75. The van der Waals surface area contributed by atoms with Crippen molar-refractivity contribution >= 4 is 12.0 Å². The molecular weight excluding hydrogens is 200 g/mol. The maximum absolute atomic E-state index is 11.5. The molecule has 1 saturated heterocycles. The number of aliphatic carboxylic acids is 1. The lowest BCUT2D eigenvalue weighted by molar-refractivity contribution is -0.136. The van der Waals surface area contributed by atoms with Gasteiger partial charge in [-0.2, -0.15) is 0 Å². The molecule has 1 heterocycles. The van der Waals surface area contributed by atoms with Gasteiger partial charge in [0.25, 0.3) is 0 Å². The van der Waals surface area contributed by atoms with E-state index in [1.54, 1.807) is 12.0 Å². The van der Waals surface area contributed by atoms with Crippen LogP contribution in [0.4, 0.5) is 4.79 Å². The Balaban J connectivity index is 2.20. The van der Waals surface area contributed by atoms with Crippen molar-refractivity contribution in [3.8, 4) is 0 Å². The van der Waals surface area contributed by atoms with Crippen molar-refractivity contribution in [1.29, 1.82) is 0 Å². The lowest BCUT2D eigenvalue weighted by atomic mass is 10.3. The summed E-state index contributed by atoms with van der Waals surface area (Å²) >= 11 is 0. The quantitative estimate of drug-likeness (QED) is 0.687. The van der Waals surface area contributed by atoms with E-state index < -0.39 is 5.97 Å². The number of carboxylic acids is 1.